The third kappa shape index (κ3) is 1.95. The number of hydrogen-bond acceptors (Lipinski definition) is 3. The minimum atomic E-state index is 0.0681. The van der Waals surface area contributed by atoms with Gasteiger partial charge in [0.05, 0.1) is 12.1 Å². The van der Waals surface area contributed by atoms with E-state index >= 15 is 0 Å². The molecule has 0 aromatic heterocycles. The van der Waals surface area contributed by atoms with Crippen molar-refractivity contribution in [3.8, 4) is 0 Å². The van der Waals surface area contributed by atoms with Gasteiger partial charge in [0.2, 0.25) is 0 Å². The van der Waals surface area contributed by atoms with Gasteiger partial charge in [-0.1, -0.05) is 6.42 Å². The largest absolute Gasteiger partial charge is 0.394 e. The minimum Gasteiger partial charge on any atom is -0.394 e. The zero-order chi connectivity index (χ0) is 9.86. The summed E-state index contributed by atoms with van der Waals surface area (Å²) in [6.07, 6.45) is 6.35. The fourth-order valence-electron chi connectivity index (χ4n) is 2.83. The van der Waals surface area contributed by atoms with Crippen molar-refractivity contribution in [2.75, 3.05) is 32.8 Å². The molecule has 3 nitrogen and oxygen atoms in total. The number of nitrogens with one attached hydrogen (secondary N) is 1. The van der Waals surface area contributed by atoms with Crippen molar-refractivity contribution < 1.29 is 5.11 Å². The number of nitrogens with zero attached hydrogens (tertiary/aromatic N) is 1. The molecule has 2 heterocycles. The summed E-state index contributed by atoms with van der Waals surface area (Å²) in [6.45, 7) is 4.78. The van der Waals surface area contributed by atoms with Crippen LogP contribution in [0.25, 0.3) is 0 Å². The monoisotopic (exact) mass is 198 g/mol. The standard InChI is InChI=1S/C11H22N2O/c14-10-11(5-4-6-12-9-11)13-7-2-1-3-8-13/h12,14H,1-10H2. The van der Waals surface area contributed by atoms with Gasteiger partial charge in [-0.2, -0.15) is 0 Å². The van der Waals surface area contributed by atoms with Crippen LogP contribution < -0.4 is 5.32 Å². The molecule has 0 aliphatic carbocycles. The van der Waals surface area contributed by atoms with Gasteiger partial charge in [-0.3, -0.25) is 4.90 Å². The van der Waals surface area contributed by atoms with E-state index in [1.807, 2.05) is 0 Å². The molecule has 0 aromatic rings. The van der Waals surface area contributed by atoms with Gasteiger partial charge >= 0.3 is 0 Å². The quantitative estimate of drug-likeness (QED) is 0.681. The summed E-state index contributed by atoms with van der Waals surface area (Å²) < 4.78 is 0. The van der Waals surface area contributed by atoms with Gasteiger partial charge in [-0.15, -0.1) is 0 Å². The molecule has 0 spiro atoms. The van der Waals surface area contributed by atoms with E-state index < -0.39 is 0 Å². The van der Waals surface area contributed by atoms with Gasteiger partial charge in [0, 0.05) is 6.54 Å². The third-order valence-corrected chi connectivity index (χ3v) is 3.77. The van der Waals surface area contributed by atoms with Crippen LogP contribution in [0.15, 0.2) is 0 Å². The molecular formula is C11H22N2O. The summed E-state index contributed by atoms with van der Waals surface area (Å²) in [4.78, 5) is 2.52. The molecule has 0 aromatic carbocycles. The zero-order valence-corrected chi connectivity index (χ0v) is 8.97. The molecule has 82 valence electrons. The molecule has 2 saturated heterocycles. The zero-order valence-electron chi connectivity index (χ0n) is 8.97. The molecule has 2 aliphatic heterocycles. The number of hydrogen-bond donors (Lipinski definition) is 2. The van der Waals surface area contributed by atoms with Gasteiger partial charge in [-0.05, 0) is 45.3 Å². The molecule has 0 saturated carbocycles. The van der Waals surface area contributed by atoms with E-state index in [1.54, 1.807) is 0 Å². The van der Waals surface area contributed by atoms with Crippen molar-refractivity contribution >= 4 is 0 Å². The molecule has 1 atom stereocenters. The first-order valence-corrected chi connectivity index (χ1v) is 5.94. The van der Waals surface area contributed by atoms with Crippen molar-refractivity contribution in [3.63, 3.8) is 0 Å². The van der Waals surface area contributed by atoms with Crippen LogP contribution in [0.1, 0.15) is 32.1 Å². The van der Waals surface area contributed by atoms with E-state index in [4.69, 9.17) is 0 Å². The Hall–Kier alpha value is -0.120. The smallest absolute Gasteiger partial charge is 0.0627 e. The second-order valence-corrected chi connectivity index (χ2v) is 4.71. The van der Waals surface area contributed by atoms with E-state index in [0.717, 1.165) is 19.5 Å². The van der Waals surface area contributed by atoms with E-state index in [1.165, 1.54) is 38.8 Å². The molecule has 3 heteroatoms. The van der Waals surface area contributed by atoms with Crippen molar-refractivity contribution in [3.05, 3.63) is 0 Å². The minimum absolute atomic E-state index is 0.0681. The van der Waals surface area contributed by atoms with Gasteiger partial charge in [0.15, 0.2) is 0 Å². The van der Waals surface area contributed by atoms with Gasteiger partial charge in [0.1, 0.15) is 0 Å². The van der Waals surface area contributed by atoms with E-state index in [0.29, 0.717) is 6.61 Å². The summed E-state index contributed by atoms with van der Waals surface area (Å²) in [5.41, 5.74) is 0.0681. The molecule has 14 heavy (non-hydrogen) atoms. The first-order valence-electron chi connectivity index (χ1n) is 5.94. The predicted octanol–water partition coefficient (Wildman–Crippen LogP) is 0.587. The molecule has 0 amide bonds. The van der Waals surface area contributed by atoms with Crippen LogP contribution in [0.2, 0.25) is 0 Å². The highest BCUT2D eigenvalue weighted by Gasteiger charge is 2.37. The second kappa shape index (κ2) is 4.60. The van der Waals surface area contributed by atoms with Crippen LogP contribution in [0.4, 0.5) is 0 Å². The fraction of sp³-hybridized carbons (Fsp3) is 1.00. The van der Waals surface area contributed by atoms with Gasteiger partial charge in [-0.25, -0.2) is 0 Å². The highest BCUT2D eigenvalue weighted by atomic mass is 16.3. The summed E-state index contributed by atoms with van der Waals surface area (Å²) >= 11 is 0. The van der Waals surface area contributed by atoms with Crippen molar-refractivity contribution in [1.82, 2.24) is 10.2 Å². The van der Waals surface area contributed by atoms with Crippen LogP contribution in [0.3, 0.4) is 0 Å². The highest BCUT2D eigenvalue weighted by Crippen LogP contribution is 2.26. The maximum Gasteiger partial charge on any atom is 0.0627 e. The van der Waals surface area contributed by atoms with Gasteiger partial charge in [0.25, 0.3) is 0 Å². The topological polar surface area (TPSA) is 35.5 Å². The Morgan fingerprint density at radius 3 is 2.50 bits per heavy atom. The molecule has 2 aliphatic rings. The van der Waals surface area contributed by atoms with E-state index in [9.17, 15) is 5.11 Å². The molecule has 2 fully saturated rings. The molecule has 2 N–H and O–H groups in total. The predicted molar refractivity (Wildman–Crippen MR) is 57.3 cm³/mol. The van der Waals surface area contributed by atoms with Crippen LogP contribution in [-0.4, -0.2) is 48.3 Å². The van der Waals surface area contributed by atoms with E-state index in [2.05, 4.69) is 10.2 Å². The van der Waals surface area contributed by atoms with Crippen molar-refractivity contribution in [2.24, 2.45) is 0 Å². The SMILES string of the molecule is OCC1(N2CCCCC2)CCCNC1. The lowest BCUT2D eigenvalue weighted by Gasteiger charge is -2.47. The summed E-state index contributed by atoms with van der Waals surface area (Å²) in [5.74, 6) is 0. The van der Waals surface area contributed by atoms with Crippen molar-refractivity contribution in [2.45, 2.75) is 37.6 Å². The van der Waals surface area contributed by atoms with Crippen molar-refractivity contribution in [1.29, 1.82) is 0 Å². The number of piperidine rings is 2. The van der Waals surface area contributed by atoms with Crippen LogP contribution in [0.5, 0.6) is 0 Å². The average molecular weight is 198 g/mol. The first kappa shape index (κ1) is 10.4. The Morgan fingerprint density at radius 1 is 1.14 bits per heavy atom. The lowest BCUT2D eigenvalue weighted by Crippen LogP contribution is -2.61. The number of aliphatic hydroxyl groups excluding tert-OH is 1. The third-order valence-electron chi connectivity index (χ3n) is 3.77. The molecular weight excluding hydrogens is 176 g/mol. The van der Waals surface area contributed by atoms with Crippen LogP contribution >= 0.6 is 0 Å². The highest BCUT2D eigenvalue weighted by molar-refractivity contribution is 4.95. The number of rotatable bonds is 2. The Balaban J connectivity index is 2.01. The number of likely N-dealkylation sites (tertiary alicyclic amines) is 1. The summed E-state index contributed by atoms with van der Waals surface area (Å²) in [7, 11) is 0. The Labute approximate surface area is 86.5 Å². The number of aliphatic hydroxyl groups is 1. The maximum absolute atomic E-state index is 9.61. The summed E-state index contributed by atoms with van der Waals surface area (Å²) in [5, 5.41) is 13.0. The van der Waals surface area contributed by atoms with E-state index in [-0.39, 0.29) is 5.54 Å². The lowest BCUT2D eigenvalue weighted by atomic mass is 9.87. The molecule has 2 rings (SSSR count). The Bertz CT molecular complexity index is 172. The van der Waals surface area contributed by atoms with Gasteiger partial charge < -0.3 is 10.4 Å². The average Bonchev–Trinajstić information content (AvgIpc) is 2.31. The lowest BCUT2D eigenvalue weighted by molar-refractivity contribution is -0.00107. The Morgan fingerprint density at radius 2 is 1.93 bits per heavy atom. The first-order chi connectivity index (χ1) is 6.87. The van der Waals surface area contributed by atoms with Crippen LogP contribution in [-0.2, 0) is 0 Å². The molecule has 1 unspecified atom stereocenters. The normalized spacial score (nSPS) is 35.8. The molecule has 0 bridgehead atoms. The maximum atomic E-state index is 9.61. The molecule has 0 radical (unpaired) electrons. The second-order valence-electron chi connectivity index (χ2n) is 4.71. The van der Waals surface area contributed by atoms with Crippen LogP contribution in [0, 0.1) is 0 Å². The Kier molecular flexibility index (Phi) is 3.42. The fourth-order valence-corrected chi connectivity index (χ4v) is 2.83. The summed E-state index contributed by atoms with van der Waals surface area (Å²) in [6, 6.07) is 0.